The van der Waals surface area contributed by atoms with Crippen LogP contribution in [0.3, 0.4) is 0 Å². The van der Waals surface area contributed by atoms with Crippen LogP contribution in [0.1, 0.15) is 36.0 Å². The smallest absolute Gasteiger partial charge is 0.123 e. The molecule has 88 valence electrons. The third kappa shape index (κ3) is 1.76. The summed E-state index contributed by atoms with van der Waals surface area (Å²) in [5, 5.41) is 10.2. The lowest BCUT2D eigenvalue weighted by Gasteiger charge is -2.17. The van der Waals surface area contributed by atoms with E-state index in [1.54, 1.807) is 0 Å². The van der Waals surface area contributed by atoms with Crippen LogP contribution in [0.4, 0.5) is 0 Å². The predicted octanol–water partition coefficient (Wildman–Crippen LogP) is 2.09. The summed E-state index contributed by atoms with van der Waals surface area (Å²) < 4.78 is 5.56. The van der Waals surface area contributed by atoms with E-state index in [1.165, 1.54) is 5.56 Å². The first-order chi connectivity index (χ1) is 7.65. The van der Waals surface area contributed by atoms with Crippen LogP contribution in [0, 0.1) is 6.92 Å². The molecule has 1 heterocycles. The van der Waals surface area contributed by atoms with E-state index >= 15 is 0 Å². The van der Waals surface area contributed by atoms with Crippen molar-refractivity contribution in [2.75, 3.05) is 13.2 Å². The minimum absolute atomic E-state index is 0.292. The Morgan fingerprint density at radius 2 is 2.31 bits per heavy atom. The van der Waals surface area contributed by atoms with Crippen LogP contribution in [0.25, 0.3) is 0 Å². The summed E-state index contributed by atoms with van der Waals surface area (Å²) in [5.41, 5.74) is 8.69. The maximum atomic E-state index is 10.2. The first-order valence-electron chi connectivity index (χ1n) is 5.83. The standard InChI is InChI=1S/C13H19NO2/c1-8(3-5-14)12-10-4-6-16-11(10)7-9(2)13(12)15/h7-8,15H,3-6,14H2,1-2H3. The second-order valence-electron chi connectivity index (χ2n) is 4.51. The number of hydrogen-bond acceptors (Lipinski definition) is 3. The lowest BCUT2D eigenvalue weighted by molar-refractivity contribution is 0.356. The topological polar surface area (TPSA) is 55.5 Å². The van der Waals surface area contributed by atoms with Crippen molar-refractivity contribution < 1.29 is 9.84 Å². The molecule has 0 fully saturated rings. The van der Waals surface area contributed by atoms with E-state index in [1.807, 2.05) is 13.0 Å². The van der Waals surface area contributed by atoms with Crippen LogP contribution in [-0.4, -0.2) is 18.3 Å². The van der Waals surface area contributed by atoms with Crippen molar-refractivity contribution in [3.05, 3.63) is 22.8 Å². The van der Waals surface area contributed by atoms with Gasteiger partial charge >= 0.3 is 0 Å². The Morgan fingerprint density at radius 3 is 3.00 bits per heavy atom. The Morgan fingerprint density at radius 1 is 1.56 bits per heavy atom. The Hall–Kier alpha value is -1.22. The van der Waals surface area contributed by atoms with Gasteiger partial charge < -0.3 is 15.6 Å². The van der Waals surface area contributed by atoms with Crippen LogP contribution in [0.15, 0.2) is 6.07 Å². The first kappa shape index (κ1) is 11.3. The number of nitrogens with two attached hydrogens (primary N) is 1. The van der Waals surface area contributed by atoms with Gasteiger partial charge in [0, 0.05) is 17.5 Å². The van der Waals surface area contributed by atoms with Gasteiger partial charge in [0.1, 0.15) is 11.5 Å². The van der Waals surface area contributed by atoms with Crippen molar-refractivity contribution in [2.24, 2.45) is 5.73 Å². The van der Waals surface area contributed by atoms with E-state index in [2.05, 4.69) is 6.92 Å². The van der Waals surface area contributed by atoms with E-state index in [9.17, 15) is 5.11 Å². The summed E-state index contributed by atoms with van der Waals surface area (Å²) in [7, 11) is 0. The molecule has 2 rings (SSSR count). The SMILES string of the molecule is Cc1cc2c(c(C(C)CCN)c1O)CCO2. The summed E-state index contributed by atoms with van der Waals surface area (Å²) in [5.74, 6) is 1.65. The number of phenols is 1. The Bertz CT molecular complexity index is 401. The first-order valence-corrected chi connectivity index (χ1v) is 5.83. The molecule has 0 bridgehead atoms. The lowest BCUT2D eigenvalue weighted by Crippen LogP contribution is -2.07. The molecule has 16 heavy (non-hydrogen) atoms. The van der Waals surface area contributed by atoms with Gasteiger partial charge in [0.2, 0.25) is 0 Å². The summed E-state index contributed by atoms with van der Waals surface area (Å²) in [6.45, 7) is 5.39. The fourth-order valence-electron chi connectivity index (χ4n) is 2.42. The molecule has 1 aromatic carbocycles. The summed E-state index contributed by atoms with van der Waals surface area (Å²) >= 11 is 0. The highest BCUT2D eigenvalue weighted by Crippen LogP contribution is 2.41. The second kappa shape index (κ2) is 4.34. The van der Waals surface area contributed by atoms with Crippen LogP contribution in [-0.2, 0) is 6.42 Å². The van der Waals surface area contributed by atoms with Gasteiger partial charge in [0.15, 0.2) is 0 Å². The predicted molar refractivity (Wildman–Crippen MR) is 64.1 cm³/mol. The molecule has 1 aliphatic heterocycles. The molecule has 0 saturated carbocycles. The molecule has 3 N–H and O–H groups in total. The molecule has 0 spiro atoms. The molecular formula is C13H19NO2. The fourth-order valence-corrected chi connectivity index (χ4v) is 2.42. The molecule has 0 saturated heterocycles. The largest absolute Gasteiger partial charge is 0.507 e. The third-order valence-electron chi connectivity index (χ3n) is 3.30. The normalized spacial score (nSPS) is 15.7. The van der Waals surface area contributed by atoms with Gasteiger partial charge in [0.25, 0.3) is 0 Å². The van der Waals surface area contributed by atoms with E-state index in [4.69, 9.17) is 10.5 Å². The fraction of sp³-hybridized carbons (Fsp3) is 0.538. The molecule has 0 aromatic heterocycles. The van der Waals surface area contributed by atoms with Gasteiger partial charge in [-0.3, -0.25) is 0 Å². The zero-order valence-electron chi connectivity index (χ0n) is 9.92. The molecule has 1 unspecified atom stereocenters. The van der Waals surface area contributed by atoms with Crippen molar-refractivity contribution >= 4 is 0 Å². The van der Waals surface area contributed by atoms with Gasteiger partial charge in [-0.15, -0.1) is 0 Å². The van der Waals surface area contributed by atoms with Crippen molar-refractivity contribution in [2.45, 2.75) is 32.6 Å². The van der Waals surface area contributed by atoms with Crippen molar-refractivity contribution in [1.29, 1.82) is 0 Å². The monoisotopic (exact) mass is 221 g/mol. The van der Waals surface area contributed by atoms with Gasteiger partial charge in [-0.25, -0.2) is 0 Å². The molecule has 1 aliphatic rings. The molecule has 0 amide bonds. The maximum absolute atomic E-state index is 10.2. The van der Waals surface area contributed by atoms with Crippen LogP contribution in [0.2, 0.25) is 0 Å². The number of rotatable bonds is 3. The average Bonchev–Trinajstić information content (AvgIpc) is 2.67. The summed E-state index contributed by atoms with van der Waals surface area (Å²) in [4.78, 5) is 0. The Balaban J connectivity index is 2.49. The van der Waals surface area contributed by atoms with Gasteiger partial charge in [0.05, 0.1) is 6.61 Å². The molecule has 0 aliphatic carbocycles. The number of benzene rings is 1. The molecule has 0 radical (unpaired) electrons. The summed E-state index contributed by atoms with van der Waals surface area (Å²) in [6.07, 6.45) is 1.79. The van der Waals surface area contributed by atoms with Crippen molar-refractivity contribution in [1.82, 2.24) is 0 Å². The van der Waals surface area contributed by atoms with Gasteiger partial charge in [-0.1, -0.05) is 6.92 Å². The molecule has 1 atom stereocenters. The number of fused-ring (bicyclic) bond motifs is 1. The second-order valence-corrected chi connectivity index (χ2v) is 4.51. The number of hydrogen-bond donors (Lipinski definition) is 2. The highest BCUT2D eigenvalue weighted by Gasteiger charge is 2.24. The highest BCUT2D eigenvalue weighted by molar-refractivity contribution is 5.55. The van der Waals surface area contributed by atoms with Crippen LogP contribution >= 0.6 is 0 Å². The number of aromatic hydroxyl groups is 1. The number of ether oxygens (including phenoxy) is 1. The highest BCUT2D eigenvalue weighted by atomic mass is 16.5. The third-order valence-corrected chi connectivity index (χ3v) is 3.30. The quantitative estimate of drug-likeness (QED) is 0.821. The maximum Gasteiger partial charge on any atom is 0.123 e. The van der Waals surface area contributed by atoms with Gasteiger partial charge in [-0.05, 0) is 37.4 Å². The minimum atomic E-state index is 0.292. The Kier molecular flexibility index (Phi) is 3.06. The zero-order valence-corrected chi connectivity index (χ0v) is 9.92. The van der Waals surface area contributed by atoms with Crippen molar-refractivity contribution in [3.63, 3.8) is 0 Å². The van der Waals surface area contributed by atoms with E-state index in [-0.39, 0.29) is 0 Å². The van der Waals surface area contributed by atoms with E-state index < -0.39 is 0 Å². The average molecular weight is 221 g/mol. The van der Waals surface area contributed by atoms with Crippen molar-refractivity contribution in [3.8, 4) is 11.5 Å². The number of aryl methyl sites for hydroxylation is 1. The number of phenolic OH excluding ortho intramolecular Hbond substituents is 1. The minimum Gasteiger partial charge on any atom is -0.507 e. The van der Waals surface area contributed by atoms with Crippen LogP contribution in [0.5, 0.6) is 11.5 Å². The lowest BCUT2D eigenvalue weighted by atomic mass is 9.89. The molecule has 3 nitrogen and oxygen atoms in total. The molecule has 1 aromatic rings. The van der Waals surface area contributed by atoms with E-state index in [0.29, 0.717) is 18.2 Å². The van der Waals surface area contributed by atoms with Crippen LogP contribution < -0.4 is 10.5 Å². The summed E-state index contributed by atoms with van der Waals surface area (Å²) in [6, 6.07) is 1.93. The van der Waals surface area contributed by atoms with E-state index in [0.717, 1.165) is 36.3 Å². The molecular weight excluding hydrogens is 202 g/mol. The zero-order chi connectivity index (χ0) is 11.7. The van der Waals surface area contributed by atoms with Gasteiger partial charge in [-0.2, -0.15) is 0 Å². The molecule has 3 heteroatoms. The Labute approximate surface area is 96.2 Å².